The van der Waals surface area contributed by atoms with Crippen LogP contribution in [0.4, 0.5) is 0 Å². The van der Waals surface area contributed by atoms with Gasteiger partial charge in [0.1, 0.15) is 5.78 Å². The highest BCUT2D eigenvalue weighted by Crippen LogP contribution is 2.35. The van der Waals surface area contributed by atoms with Crippen LogP contribution in [0.2, 0.25) is 0 Å². The Balaban J connectivity index is 1.51. The van der Waals surface area contributed by atoms with E-state index < -0.39 is 0 Å². The van der Waals surface area contributed by atoms with Crippen molar-refractivity contribution in [1.82, 2.24) is 0 Å². The van der Waals surface area contributed by atoms with E-state index in [0.717, 1.165) is 17.4 Å². The van der Waals surface area contributed by atoms with Gasteiger partial charge in [0.05, 0.1) is 5.75 Å². The molecule has 0 aromatic heterocycles. The number of hydrogen-bond acceptors (Lipinski definition) is 2. The van der Waals surface area contributed by atoms with Crippen molar-refractivity contribution in [2.75, 3.05) is 5.75 Å². The van der Waals surface area contributed by atoms with Gasteiger partial charge in [-0.3, -0.25) is 4.79 Å². The molecule has 0 saturated heterocycles. The van der Waals surface area contributed by atoms with Gasteiger partial charge in [-0.25, -0.2) is 0 Å². The summed E-state index contributed by atoms with van der Waals surface area (Å²) >= 11 is 1.93. The fourth-order valence-corrected chi connectivity index (χ4v) is 5.05. The Hall–Kier alpha value is -0.760. The second kappa shape index (κ2) is 7.49. The number of rotatable bonds is 5. The van der Waals surface area contributed by atoms with Crippen LogP contribution in [0.5, 0.6) is 0 Å². The number of aryl methyl sites for hydroxylation is 1. The smallest absolute Gasteiger partial charge is 0.143 e. The first-order valence-corrected chi connectivity index (χ1v) is 9.59. The molecule has 0 spiro atoms. The van der Waals surface area contributed by atoms with Crippen LogP contribution in [0.3, 0.4) is 0 Å². The molecule has 1 unspecified atom stereocenters. The highest BCUT2D eigenvalue weighted by Gasteiger charge is 2.23. The van der Waals surface area contributed by atoms with Gasteiger partial charge < -0.3 is 0 Å². The van der Waals surface area contributed by atoms with Crippen LogP contribution < -0.4 is 0 Å². The van der Waals surface area contributed by atoms with Crippen molar-refractivity contribution in [2.45, 2.75) is 69.0 Å². The summed E-state index contributed by atoms with van der Waals surface area (Å²) in [6, 6.07) is 8.73. The molecule has 0 aliphatic heterocycles. The van der Waals surface area contributed by atoms with Gasteiger partial charge in [0.25, 0.3) is 0 Å². The van der Waals surface area contributed by atoms with Crippen LogP contribution in [0.1, 0.15) is 68.4 Å². The van der Waals surface area contributed by atoms with Gasteiger partial charge in [0.2, 0.25) is 0 Å². The molecule has 21 heavy (non-hydrogen) atoms. The standard InChI is InChI=1S/C19H26OS/c20-17(14-21-18-10-2-1-3-11-18)13-16-9-6-8-15-7-4-5-12-19(15)16/h4-5,7,12,16,18H,1-3,6,8-11,13-14H2. The first-order valence-electron chi connectivity index (χ1n) is 8.54. The quantitative estimate of drug-likeness (QED) is 0.750. The third kappa shape index (κ3) is 4.12. The lowest BCUT2D eigenvalue weighted by Crippen LogP contribution is -2.17. The van der Waals surface area contributed by atoms with E-state index in [1.54, 1.807) is 0 Å². The van der Waals surface area contributed by atoms with Crippen LogP contribution in [0.15, 0.2) is 24.3 Å². The van der Waals surface area contributed by atoms with Crippen molar-refractivity contribution in [3.8, 4) is 0 Å². The molecule has 1 nitrogen and oxygen atoms in total. The third-order valence-corrected chi connectivity index (χ3v) is 6.43. The number of ketones is 1. The first kappa shape index (κ1) is 15.1. The molecule has 0 heterocycles. The maximum absolute atomic E-state index is 12.3. The summed E-state index contributed by atoms with van der Waals surface area (Å²) in [5.41, 5.74) is 2.92. The average molecular weight is 302 g/mol. The van der Waals surface area contributed by atoms with Gasteiger partial charge in [-0.2, -0.15) is 11.8 Å². The largest absolute Gasteiger partial charge is 0.299 e. The molecule has 1 aromatic rings. The molecule has 1 fully saturated rings. The molecule has 0 bridgehead atoms. The third-order valence-electron chi connectivity index (χ3n) is 5.00. The van der Waals surface area contributed by atoms with Crippen molar-refractivity contribution < 1.29 is 4.79 Å². The van der Waals surface area contributed by atoms with E-state index in [1.165, 1.54) is 62.5 Å². The Kier molecular flexibility index (Phi) is 5.40. The molecule has 0 N–H and O–H groups in total. The van der Waals surface area contributed by atoms with E-state index in [2.05, 4.69) is 24.3 Å². The second-order valence-corrected chi connectivity index (χ2v) is 7.89. The number of carbonyl (C=O) groups is 1. The summed E-state index contributed by atoms with van der Waals surface area (Å²) in [5, 5.41) is 0.751. The summed E-state index contributed by atoms with van der Waals surface area (Å²) in [7, 11) is 0. The summed E-state index contributed by atoms with van der Waals surface area (Å²) in [6.07, 6.45) is 11.2. The van der Waals surface area contributed by atoms with E-state index in [1.807, 2.05) is 11.8 Å². The van der Waals surface area contributed by atoms with Crippen LogP contribution in [-0.4, -0.2) is 16.8 Å². The normalized spacial score (nSPS) is 22.8. The van der Waals surface area contributed by atoms with Crippen LogP contribution in [0, 0.1) is 0 Å². The summed E-state index contributed by atoms with van der Waals surface area (Å²) in [4.78, 5) is 12.3. The maximum Gasteiger partial charge on any atom is 0.143 e. The molecule has 3 rings (SSSR count). The molecule has 1 atom stereocenters. The lowest BCUT2D eigenvalue weighted by atomic mass is 9.80. The van der Waals surface area contributed by atoms with Gasteiger partial charge in [-0.15, -0.1) is 0 Å². The fourth-order valence-electron chi connectivity index (χ4n) is 3.84. The van der Waals surface area contributed by atoms with E-state index in [4.69, 9.17) is 0 Å². The Labute approximate surface area is 132 Å². The number of fused-ring (bicyclic) bond motifs is 1. The highest BCUT2D eigenvalue weighted by atomic mass is 32.2. The number of benzene rings is 1. The van der Waals surface area contributed by atoms with E-state index in [9.17, 15) is 4.79 Å². The van der Waals surface area contributed by atoms with Gasteiger partial charge in [0, 0.05) is 11.7 Å². The molecule has 114 valence electrons. The molecular weight excluding hydrogens is 276 g/mol. The number of Topliss-reactive ketones (excluding diaryl/α,β-unsaturated/α-hetero) is 1. The number of thioether (sulfide) groups is 1. The molecule has 2 heteroatoms. The van der Waals surface area contributed by atoms with Gasteiger partial charge >= 0.3 is 0 Å². The molecule has 2 aliphatic carbocycles. The summed E-state index contributed by atoms with van der Waals surface area (Å²) in [5.74, 6) is 1.69. The van der Waals surface area contributed by atoms with Crippen molar-refractivity contribution in [3.63, 3.8) is 0 Å². The lowest BCUT2D eigenvalue weighted by molar-refractivity contribution is -0.117. The average Bonchev–Trinajstić information content (AvgIpc) is 2.54. The highest BCUT2D eigenvalue weighted by molar-refractivity contribution is 8.00. The predicted molar refractivity (Wildman–Crippen MR) is 91.1 cm³/mol. The van der Waals surface area contributed by atoms with Crippen molar-refractivity contribution in [2.24, 2.45) is 0 Å². The number of carbonyl (C=O) groups excluding carboxylic acids is 1. The van der Waals surface area contributed by atoms with Crippen LogP contribution in [0.25, 0.3) is 0 Å². The molecule has 0 amide bonds. The van der Waals surface area contributed by atoms with Crippen LogP contribution >= 0.6 is 11.8 Å². The minimum Gasteiger partial charge on any atom is -0.299 e. The Morgan fingerprint density at radius 2 is 1.86 bits per heavy atom. The number of hydrogen-bond donors (Lipinski definition) is 0. The minimum atomic E-state index is 0.465. The zero-order chi connectivity index (χ0) is 14.5. The van der Waals surface area contributed by atoms with Gasteiger partial charge in [-0.1, -0.05) is 43.5 Å². The molecule has 2 aliphatic rings. The maximum atomic E-state index is 12.3. The Morgan fingerprint density at radius 1 is 1.05 bits per heavy atom. The van der Waals surface area contributed by atoms with E-state index in [-0.39, 0.29) is 0 Å². The molecule has 0 radical (unpaired) electrons. The van der Waals surface area contributed by atoms with E-state index >= 15 is 0 Å². The van der Waals surface area contributed by atoms with Gasteiger partial charge in [-0.05, 0) is 49.1 Å². The second-order valence-electron chi connectivity index (χ2n) is 6.60. The predicted octanol–water partition coefficient (Wildman–Crippen LogP) is 5.13. The summed E-state index contributed by atoms with van der Waals surface area (Å²) < 4.78 is 0. The molecule has 1 aromatic carbocycles. The zero-order valence-electron chi connectivity index (χ0n) is 12.9. The molecule has 1 saturated carbocycles. The van der Waals surface area contributed by atoms with Gasteiger partial charge in [0.15, 0.2) is 0 Å². The SMILES string of the molecule is O=C(CSC1CCCCC1)CC1CCCc2ccccc21. The topological polar surface area (TPSA) is 17.1 Å². The first-order chi connectivity index (χ1) is 10.3. The van der Waals surface area contributed by atoms with Crippen molar-refractivity contribution in [3.05, 3.63) is 35.4 Å². The molecular formula is C19H26OS. The minimum absolute atomic E-state index is 0.465. The van der Waals surface area contributed by atoms with Crippen LogP contribution in [-0.2, 0) is 11.2 Å². The zero-order valence-corrected chi connectivity index (χ0v) is 13.7. The van der Waals surface area contributed by atoms with Crippen molar-refractivity contribution >= 4 is 17.5 Å². The lowest BCUT2D eigenvalue weighted by Gasteiger charge is -2.25. The monoisotopic (exact) mass is 302 g/mol. The Morgan fingerprint density at radius 3 is 2.71 bits per heavy atom. The fraction of sp³-hybridized carbons (Fsp3) is 0.632. The van der Waals surface area contributed by atoms with Crippen molar-refractivity contribution in [1.29, 1.82) is 0 Å². The van der Waals surface area contributed by atoms with E-state index in [0.29, 0.717) is 11.7 Å². The summed E-state index contributed by atoms with van der Waals surface area (Å²) in [6.45, 7) is 0. The Bertz CT molecular complexity index is 476.